The Hall–Kier alpha value is -5.31. The SMILES string of the molecule is C=C(C)CCC(C)(C)C(=O)NCC(C)(C)COCC(C)(C)NC(=O)CC.CC(C)CNC(=O)OCc1ccc(NC(=O)CNC=O)cc1.CC(O)NC(C)C(C)C.CCCCCC(=O)NC(C)(C)CCO.CCCNC(N)=O. The van der Waals surface area contributed by atoms with E-state index in [1.54, 1.807) is 31.2 Å². The van der Waals surface area contributed by atoms with Crippen molar-refractivity contribution in [2.24, 2.45) is 28.4 Å². The molecule has 2 atom stereocenters. The highest BCUT2D eigenvalue weighted by molar-refractivity contribution is 5.93. The van der Waals surface area contributed by atoms with Crippen molar-refractivity contribution in [2.75, 3.05) is 51.3 Å². The molecule has 0 bridgehead atoms. The van der Waals surface area contributed by atoms with Gasteiger partial charge >= 0.3 is 12.1 Å². The van der Waals surface area contributed by atoms with E-state index in [9.17, 15) is 33.6 Å². The molecule has 454 valence electrons. The largest absolute Gasteiger partial charge is 0.445 e. The minimum atomic E-state index is -0.453. The number of primary amides is 1. The standard InChI is InChI=1S/C21H40N2O3.C15H21N3O4.C11H23NO2.C7H17NO.C4H10N2O/c1-10-17(24)23-21(8,9)15-26-14-19(4,5)13-22-18(25)20(6,7)12-11-16(2)3;1-11(2)7-17-15(21)22-9-12-3-5-13(6-4-12)18-14(20)8-16-10-19;1-4-5-6-7-10(14)12-11(2,3)8-9-13;1-5(2)6(3)8-7(4)9;1-2-3-6-4(5)7/h2,10-15H2,1,3-9H3,(H,22,25)(H,23,24);3-6,10-11H,7-9H2,1-2H3,(H,16,19)(H,17,21)(H,18,20);13H,4-9H2,1-3H3,(H,12,14);5-9H,1-4H3;2-3H2,1H3,(H3,5,6,7). The number of urea groups is 1. The van der Waals surface area contributed by atoms with Gasteiger partial charge in [0.1, 0.15) is 12.8 Å². The molecule has 0 heterocycles. The number of aliphatic hydroxyl groups excluding tert-OH is 2. The maximum atomic E-state index is 12.5. The fourth-order valence-electron chi connectivity index (χ4n) is 5.98. The van der Waals surface area contributed by atoms with Gasteiger partial charge in [-0.1, -0.05) is 107 Å². The van der Waals surface area contributed by atoms with Crippen molar-refractivity contribution in [3.63, 3.8) is 0 Å². The van der Waals surface area contributed by atoms with E-state index < -0.39 is 23.1 Å². The number of anilines is 1. The summed E-state index contributed by atoms with van der Waals surface area (Å²) in [6.45, 7) is 42.6. The highest BCUT2D eigenvalue weighted by Gasteiger charge is 2.30. The number of hydrogen-bond acceptors (Lipinski definition) is 12. The zero-order valence-corrected chi connectivity index (χ0v) is 51.6. The first-order chi connectivity index (χ1) is 36.0. The predicted molar refractivity (Wildman–Crippen MR) is 315 cm³/mol. The second kappa shape index (κ2) is 44.5. The summed E-state index contributed by atoms with van der Waals surface area (Å²) >= 11 is 0. The lowest BCUT2D eigenvalue weighted by Crippen LogP contribution is -2.48. The normalized spacial score (nSPS) is 11.9. The first kappa shape index (κ1) is 79.2. The van der Waals surface area contributed by atoms with E-state index in [0.29, 0.717) is 82.1 Å². The van der Waals surface area contributed by atoms with Crippen LogP contribution in [0, 0.1) is 22.7 Å². The number of alkyl carbamates (subject to hydrolysis) is 1. The van der Waals surface area contributed by atoms with Gasteiger partial charge in [-0.05, 0) is 110 Å². The molecule has 12 N–H and O–H groups in total. The maximum Gasteiger partial charge on any atom is 0.407 e. The molecule has 0 spiro atoms. The number of carbonyl (C=O) groups is 7. The van der Waals surface area contributed by atoms with E-state index in [1.165, 1.54) is 0 Å². The molecule has 0 aliphatic rings. The van der Waals surface area contributed by atoms with Crippen molar-refractivity contribution >= 4 is 47.9 Å². The maximum absolute atomic E-state index is 12.5. The van der Waals surface area contributed by atoms with Gasteiger partial charge in [0.25, 0.3) is 0 Å². The van der Waals surface area contributed by atoms with E-state index in [4.69, 9.17) is 25.4 Å². The Morgan fingerprint density at radius 2 is 1.35 bits per heavy atom. The van der Waals surface area contributed by atoms with Crippen LogP contribution in [0.2, 0.25) is 0 Å². The first-order valence-electron chi connectivity index (χ1n) is 27.7. The smallest absolute Gasteiger partial charge is 0.407 e. The minimum absolute atomic E-state index is 0.0158. The predicted octanol–water partition coefficient (Wildman–Crippen LogP) is 7.95. The number of rotatable bonds is 32. The van der Waals surface area contributed by atoms with Gasteiger partial charge in [0.15, 0.2) is 0 Å². The van der Waals surface area contributed by atoms with Crippen LogP contribution >= 0.6 is 0 Å². The highest BCUT2D eigenvalue weighted by atomic mass is 16.5. The van der Waals surface area contributed by atoms with Gasteiger partial charge in [-0.2, -0.15) is 0 Å². The lowest BCUT2D eigenvalue weighted by atomic mass is 9.85. The summed E-state index contributed by atoms with van der Waals surface area (Å²) in [5.41, 5.74) is 5.95. The summed E-state index contributed by atoms with van der Waals surface area (Å²) in [6.07, 6.45) is 7.05. The van der Waals surface area contributed by atoms with Crippen LogP contribution < -0.4 is 48.3 Å². The molecular weight excluding hydrogens is 999 g/mol. The monoisotopic (exact) mass is 1110 g/mol. The first-order valence-corrected chi connectivity index (χ1v) is 27.7. The third kappa shape index (κ3) is 51.4. The number of aliphatic hydroxyl groups is 2. The average molecular weight is 1110 g/mol. The zero-order chi connectivity index (χ0) is 61.1. The molecule has 0 saturated carbocycles. The number of nitrogens with one attached hydrogen (secondary N) is 8. The van der Waals surface area contributed by atoms with Crippen molar-refractivity contribution in [1.82, 2.24) is 37.2 Å². The van der Waals surface area contributed by atoms with Gasteiger partial charge in [0.05, 0.1) is 25.3 Å². The molecule has 0 radical (unpaired) electrons. The molecule has 0 saturated heterocycles. The Labute approximate surface area is 470 Å². The van der Waals surface area contributed by atoms with E-state index in [2.05, 4.69) is 90.7 Å². The molecule has 78 heavy (non-hydrogen) atoms. The topological polar surface area (TPSA) is 301 Å². The number of unbranched alkanes of at least 4 members (excludes halogenated alkanes) is 2. The van der Waals surface area contributed by atoms with E-state index in [1.807, 2.05) is 76.2 Å². The molecule has 1 aromatic carbocycles. The van der Waals surface area contributed by atoms with E-state index >= 15 is 0 Å². The molecule has 0 aliphatic heterocycles. The van der Waals surface area contributed by atoms with Gasteiger partial charge < -0.3 is 62.6 Å². The van der Waals surface area contributed by atoms with E-state index in [0.717, 1.165) is 49.7 Å². The molecule has 1 rings (SSSR count). The van der Waals surface area contributed by atoms with Crippen molar-refractivity contribution in [3.05, 3.63) is 42.0 Å². The number of benzene rings is 1. The number of ether oxygens (including phenoxy) is 2. The summed E-state index contributed by atoms with van der Waals surface area (Å²) in [5, 5.41) is 39.5. The van der Waals surface area contributed by atoms with Crippen molar-refractivity contribution < 1.29 is 53.2 Å². The summed E-state index contributed by atoms with van der Waals surface area (Å²) in [5.74, 6) is 0.800. The number of carbonyl (C=O) groups excluding carboxylic acids is 7. The van der Waals surface area contributed by atoms with Crippen LogP contribution in [-0.2, 0) is 40.1 Å². The minimum Gasteiger partial charge on any atom is -0.445 e. The van der Waals surface area contributed by atoms with Gasteiger partial charge in [0, 0.05) is 67.2 Å². The number of allylic oxidation sites excluding steroid dienone is 1. The van der Waals surface area contributed by atoms with Crippen molar-refractivity contribution in [2.45, 2.75) is 212 Å². The van der Waals surface area contributed by atoms with Crippen molar-refractivity contribution in [1.29, 1.82) is 0 Å². The van der Waals surface area contributed by atoms with Gasteiger partial charge in [-0.15, -0.1) is 6.58 Å². The number of amides is 8. The third-order valence-electron chi connectivity index (χ3n) is 11.2. The molecule has 8 amide bonds. The van der Waals surface area contributed by atoms with Crippen LogP contribution in [0.25, 0.3) is 0 Å². The number of hydrogen-bond donors (Lipinski definition) is 11. The lowest BCUT2D eigenvalue weighted by molar-refractivity contribution is -0.130. The molecule has 20 heteroatoms. The summed E-state index contributed by atoms with van der Waals surface area (Å²) in [6, 6.07) is 6.84. The van der Waals surface area contributed by atoms with Crippen LogP contribution in [-0.4, -0.2) is 122 Å². The third-order valence-corrected chi connectivity index (χ3v) is 11.2. The Morgan fingerprint density at radius 3 is 1.79 bits per heavy atom. The second-order valence-corrected chi connectivity index (χ2v) is 23.1. The number of nitrogens with two attached hydrogens (primary N) is 1. The zero-order valence-electron chi connectivity index (χ0n) is 51.6. The second-order valence-electron chi connectivity index (χ2n) is 23.1. The Morgan fingerprint density at radius 1 is 0.756 bits per heavy atom. The summed E-state index contributed by atoms with van der Waals surface area (Å²) < 4.78 is 10.9. The Kier molecular flexibility index (Phi) is 45.2. The Balaban J connectivity index is -0.000000473. The van der Waals surface area contributed by atoms with Gasteiger partial charge in [0.2, 0.25) is 30.0 Å². The van der Waals surface area contributed by atoms with Crippen LogP contribution in [0.3, 0.4) is 0 Å². The van der Waals surface area contributed by atoms with Gasteiger partial charge in [-0.3, -0.25) is 29.3 Å². The Bertz CT molecular complexity index is 1820. The van der Waals surface area contributed by atoms with Crippen LogP contribution in [0.5, 0.6) is 0 Å². The molecular formula is C58H111N9O11. The molecule has 20 nitrogen and oxygen atoms in total. The average Bonchev–Trinajstić information content (AvgIpc) is 3.33. The molecule has 1 aromatic rings. The molecule has 0 fully saturated rings. The van der Waals surface area contributed by atoms with E-state index in [-0.39, 0.29) is 60.6 Å². The van der Waals surface area contributed by atoms with Crippen LogP contribution in [0.4, 0.5) is 15.3 Å². The summed E-state index contributed by atoms with van der Waals surface area (Å²) in [4.78, 5) is 78.2. The van der Waals surface area contributed by atoms with Crippen LogP contribution in [0.1, 0.15) is 188 Å². The fourth-order valence-corrected chi connectivity index (χ4v) is 5.98. The summed E-state index contributed by atoms with van der Waals surface area (Å²) in [7, 11) is 0. The van der Waals surface area contributed by atoms with Crippen molar-refractivity contribution in [3.8, 4) is 0 Å². The lowest BCUT2D eigenvalue weighted by Gasteiger charge is -2.31. The highest BCUT2D eigenvalue weighted by Crippen LogP contribution is 2.25. The molecule has 2 unspecified atom stereocenters. The quantitative estimate of drug-likeness (QED) is 0.0142. The fraction of sp³-hybridized carbons (Fsp3) is 0.741. The van der Waals surface area contributed by atoms with Crippen LogP contribution in [0.15, 0.2) is 36.4 Å². The van der Waals surface area contributed by atoms with Gasteiger partial charge in [-0.25, -0.2) is 9.59 Å². The molecule has 0 aliphatic carbocycles. The molecule has 0 aromatic heterocycles.